The summed E-state index contributed by atoms with van der Waals surface area (Å²) in [6.07, 6.45) is 0. The third-order valence-electron chi connectivity index (χ3n) is 2.80. The van der Waals surface area contributed by atoms with E-state index < -0.39 is 5.51 Å². The van der Waals surface area contributed by atoms with Gasteiger partial charge in [0.2, 0.25) is 0 Å². The zero-order valence-corrected chi connectivity index (χ0v) is 13.4. The van der Waals surface area contributed by atoms with Gasteiger partial charge in [0.25, 0.3) is 0 Å². The highest BCUT2D eigenvalue weighted by Gasteiger charge is 2.31. The summed E-state index contributed by atoms with van der Waals surface area (Å²) in [4.78, 5) is 6.53. The second kappa shape index (κ2) is 6.14. The molecule has 0 saturated carbocycles. The molecule has 0 fully saturated rings. The van der Waals surface area contributed by atoms with E-state index in [1.807, 2.05) is 0 Å². The third kappa shape index (κ3) is 3.68. The molecule has 1 N–H and O–H groups in total. The Morgan fingerprint density at radius 1 is 1.04 bits per heavy atom. The van der Waals surface area contributed by atoms with Crippen LogP contribution in [0.2, 0.25) is 10.0 Å². The van der Waals surface area contributed by atoms with Crippen molar-refractivity contribution in [3.63, 3.8) is 0 Å². The molecule has 9 heteroatoms. The second-order valence-electron chi connectivity index (χ2n) is 4.40. The van der Waals surface area contributed by atoms with E-state index in [1.54, 1.807) is 36.4 Å². The molecule has 23 heavy (non-hydrogen) atoms. The van der Waals surface area contributed by atoms with E-state index in [1.165, 1.54) is 0 Å². The van der Waals surface area contributed by atoms with Crippen molar-refractivity contribution in [2.45, 2.75) is 10.7 Å². The molecule has 0 spiro atoms. The summed E-state index contributed by atoms with van der Waals surface area (Å²) < 4.78 is 43.0. The number of hydrogen-bond donors (Lipinski definition) is 1. The molecule has 1 aromatic heterocycles. The van der Waals surface area contributed by atoms with Gasteiger partial charge in [0.15, 0.2) is 10.9 Å². The number of para-hydroxylation sites is 1. The van der Waals surface area contributed by atoms with Gasteiger partial charge < -0.3 is 9.72 Å². The van der Waals surface area contributed by atoms with E-state index in [4.69, 9.17) is 27.9 Å². The summed E-state index contributed by atoms with van der Waals surface area (Å²) in [6, 6.07) is 9.68. The lowest BCUT2D eigenvalue weighted by Gasteiger charge is -2.08. The zero-order chi connectivity index (χ0) is 16.6. The average molecular weight is 379 g/mol. The highest BCUT2D eigenvalue weighted by Crippen LogP contribution is 2.39. The van der Waals surface area contributed by atoms with Crippen molar-refractivity contribution >= 4 is 46.0 Å². The fourth-order valence-electron chi connectivity index (χ4n) is 1.90. The van der Waals surface area contributed by atoms with Crippen LogP contribution in [0.15, 0.2) is 41.6 Å². The van der Waals surface area contributed by atoms with E-state index in [0.717, 1.165) is 0 Å². The number of hydrogen-bond acceptors (Lipinski definition) is 3. The topological polar surface area (TPSA) is 37.9 Å². The van der Waals surface area contributed by atoms with Crippen LogP contribution >= 0.6 is 35.0 Å². The maximum atomic E-state index is 12.5. The van der Waals surface area contributed by atoms with Crippen LogP contribution in [0.4, 0.5) is 13.2 Å². The summed E-state index contributed by atoms with van der Waals surface area (Å²) >= 11 is 11.6. The molecular weight excluding hydrogens is 372 g/mol. The number of imidazole rings is 1. The van der Waals surface area contributed by atoms with E-state index in [0.29, 0.717) is 16.3 Å². The molecule has 0 bridgehead atoms. The number of thioether (sulfide) groups is 1. The number of rotatable bonds is 3. The number of H-pyrrole nitrogens is 1. The Labute approximate surface area is 142 Å². The van der Waals surface area contributed by atoms with Crippen LogP contribution < -0.4 is 4.74 Å². The Morgan fingerprint density at radius 3 is 2.48 bits per heavy atom. The number of benzene rings is 2. The molecular formula is C14H7Cl2F3N2OS. The second-order valence-corrected chi connectivity index (χ2v) is 6.23. The third-order valence-corrected chi connectivity index (χ3v) is 4.22. The number of halogens is 5. The average Bonchev–Trinajstić information content (AvgIpc) is 2.85. The molecule has 0 amide bonds. The lowest BCUT2D eigenvalue weighted by molar-refractivity contribution is -0.0330. The number of fused-ring (bicyclic) bond motifs is 1. The number of alkyl halides is 3. The van der Waals surface area contributed by atoms with Crippen LogP contribution in [-0.4, -0.2) is 15.5 Å². The van der Waals surface area contributed by atoms with Gasteiger partial charge in [-0.3, -0.25) is 0 Å². The van der Waals surface area contributed by atoms with Crippen LogP contribution in [0.1, 0.15) is 0 Å². The molecule has 0 aliphatic heterocycles. The van der Waals surface area contributed by atoms with Gasteiger partial charge in [-0.25, -0.2) is 4.98 Å². The molecule has 0 aliphatic carbocycles. The number of aromatic amines is 1. The van der Waals surface area contributed by atoms with Gasteiger partial charge in [-0.15, -0.1) is 0 Å². The first-order valence-corrected chi connectivity index (χ1v) is 7.77. The van der Waals surface area contributed by atoms with Gasteiger partial charge in [-0.2, -0.15) is 13.2 Å². The maximum absolute atomic E-state index is 12.5. The molecule has 3 aromatic rings. The molecule has 3 rings (SSSR count). The van der Waals surface area contributed by atoms with Gasteiger partial charge >= 0.3 is 5.51 Å². The number of aromatic nitrogens is 2. The molecule has 2 aromatic carbocycles. The summed E-state index contributed by atoms with van der Waals surface area (Å²) in [6.45, 7) is 0. The van der Waals surface area contributed by atoms with Crippen LogP contribution in [-0.2, 0) is 0 Å². The standard InChI is InChI=1S/C14H7Cl2F3N2OS/c15-7-3-1-5-9(11(7)16)22-10-6-2-4-8-12(10)21-13(20-8)23-14(17,18)19/h1-6H,(H,20,21). The van der Waals surface area contributed by atoms with Gasteiger partial charge in [-0.05, 0) is 24.3 Å². The van der Waals surface area contributed by atoms with E-state index in [2.05, 4.69) is 9.97 Å². The minimum atomic E-state index is -4.43. The van der Waals surface area contributed by atoms with Crippen LogP contribution in [0, 0.1) is 0 Å². The first kappa shape index (κ1) is 16.3. The first-order valence-electron chi connectivity index (χ1n) is 6.20. The van der Waals surface area contributed by atoms with Gasteiger partial charge in [0, 0.05) is 11.8 Å². The SMILES string of the molecule is FC(F)(F)Sc1nc2c(Oc3cccc(Cl)c3Cl)cccc2[nH]1. The predicted molar refractivity (Wildman–Crippen MR) is 84.5 cm³/mol. The fourth-order valence-corrected chi connectivity index (χ4v) is 2.75. The molecule has 3 nitrogen and oxygen atoms in total. The molecule has 1 heterocycles. The number of nitrogens with zero attached hydrogens (tertiary/aromatic N) is 1. The fraction of sp³-hybridized carbons (Fsp3) is 0.0714. The van der Waals surface area contributed by atoms with Crippen LogP contribution in [0.3, 0.4) is 0 Å². The summed E-state index contributed by atoms with van der Waals surface area (Å²) in [5.41, 5.74) is -3.73. The number of nitrogens with one attached hydrogen (secondary N) is 1. The van der Waals surface area contributed by atoms with Crippen molar-refractivity contribution in [1.82, 2.24) is 9.97 Å². The quantitative estimate of drug-likeness (QED) is 0.545. The van der Waals surface area contributed by atoms with Crippen molar-refractivity contribution in [3.8, 4) is 11.5 Å². The lowest BCUT2D eigenvalue weighted by Crippen LogP contribution is -1.99. The predicted octanol–water partition coefficient (Wildman–Crippen LogP) is 6.27. The van der Waals surface area contributed by atoms with E-state index in [-0.39, 0.29) is 33.2 Å². The Bertz CT molecular complexity index is 867. The highest BCUT2D eigenvalue weighted by molar-refractivity contribution is 8.00. The number of ether oxygens (including phenoxy) is 1. The molecule has 120 valence electrons. The summed E-state index contributed by atoms with van der Waals surface area (Å²) in [5, 5.41) is 0.263. The monoisotopic (exact) mass is 378 g/mol. The first-order chi connectivity index (χ1) is 10.8. The molecule has 0 aliphatic rings. The Morgan fingerprint density at radius 2 is 1.74 bits per heavy atom. The Balaban J connectivity index is 1.99. The van der Waals surface area contributed by atoms with Crippen LogP contribution in [0.25, 0.3) is 11.0 Å². The van der Waals surface area contributed by atoms with Gasteiger partial charge in [-0.1, -0.05) is 35.3 Å². The minimum Gasteiger partial charge on any atom is -0.453 e. The summed E-state index contributed by atoms with van der Waals surface area (Å²) in [5.74, 6) is 0.566. The van der Waals surface area contributed by atoms with Gasteiger partial charge in [0.1, 0.15) is 16.3 Å². The highest BCUT2D eigenvalue weighted by atomic mass is 35.5. The van der Waals surface area contributed by atoms with Crippen molar-refractivity contribution in [2.24, 2.45) is 0 Å². The Kier molecular flexibility index (Phi) is 4.35. The molecule has 0 saturated heterocycles. The molecule has 0 radical (unpaired) electrons. The van der Waals surface area contributed by atoms with Crippen LogP contribution in [0.5, 0.6) is 11.5 Å². The zero-order valence-electron chi connectivity index (χ0n) is 11.1. The van der Waals surface area contributed by atoms with E-state index >= 15 is 0 Å². The smallest absolute Gasteiger partial charge is 0.449 e. The van der Waals surface area contributed by atoms with Crippen molar-refractivity contribution < 1.29 is 17.9 Å². The molecule has 0 atom stereocenters. The van der Waals surface area contributed by atoms with Crippen molar-refractivity contribution in [3.05, 3.63) is 46.4 Å². The van der Waals surface area contributed by atoms with Crippen molar-refractivity contribution in [1.29, 1.82) is 0 Å². The normalized spacial score (nSPS) is 11.9. The summed E-state index contributed by atoms with van der Waals surface area (Å²) in [7, 11) is 0. The largest absolute Gasteiger partial charge is 0.453 e. The van der Waals surface area contributed by atoms with E-state index in [9.17, 15) is 13.2 Å². The Hall–Kier alpha value is -1.57. The maximum Gasteiger partial charge on any atom is 0.449 e. The van der Waals surface area contributed by atoms with Crippen molar-refractivity contribution in [2.75, 3.05) is 0 Å². The lowest BCUT2D eigenvalue weighted by atomic mass is 10.3. The van der Waals surface area contributed by atoms with Gasteiger partial charge in [0.05, 0.1) is 10.5 Å². The minimum absolute atomic E-state index is 0.214. The molecule has 0 unspecified atom stereocenters.